The molecule has 0 bridgehead atoms. The van der Waals surface area contributed by atoms with Gasteiger partial charge in [-0.05, 0) is 147 Å². The number of hydrogen-bond donors (Lipinski definition) is 5. The van der Waals surface area contributed by atoms with Gasteiger partial charge < -0.3 is 45.1 Å². The molecular weight excluding hydrogens is 1280 g/mol. The molecular formula is C68H77BrClF4N9O9. The summed E-state index contributed by atoms with van der Waals surface area (Å²) in [6.45, 7) is 30.4. The van der Waals surface area contributed by atoms with Crippen molar-refractivity contribution in [2.75, 3.05) is 25.0 Å². The van der Waals surface area contributed by atoms with E-state index in [1.165, 1.54) is 22.7 Å². The van der Waals surface area contributed by atoms with Crippen molar-refractivity contribution in [1.82, 2.24) is 40.1 Å². The van der Waals surface area contributed by atoms with E-state index < -0.39 is 57.6 Å². The van der Waals surface area contributed by atoms with Crippen molar-refractivity contribution in [3.05, 3.63) is 171 Å². The number of carbonyl (C=O) groups excluding carboxylic acids is 6. The highest BCUT2D eigenvalue weighted by Crippen LogP contribution is 2.41. The first-order valence-corrected chi connectivity index (χ1v) is 30.9. The molecule has 0 spiro atoms. The summed E-state index contributed by atoms with van der Waals surface area (Å²) < 4.78 is 67.3. The monoisotopic (exact) mass is 1350 g/mol. The molecule has 6 aromatic heterocycles. The molecule has 0 fully saturated rings. The average Bonchev–Trinajstić information content (AvgIpc) is 1.60. The number of benzene rings is 2. The number of esters is 3. The van der Waals surface area contributed by atoms with Crippen LogP contribution in [-0.4, -0.2) is 113 Å². The number of nitrogens with zero attached hydrogens (tertiary/aromatic N) is 4. The Balaban J connectivity index is 0.000000198. The van der Waals surface area contributed by atoms with Gasteiger partial charge in [-0.2, -0.15) is 0 Å². The van der Waals surface area contributed by atoms with Crippen LogP contribution in [-0.2, 0) is 49.6 Å². The zero-order chi connectivity index (χ0) is 68.5. The Hall–Kier alpha value is -8.54. The number of pyridine rings is 3. The van der Waals surface area contributed by atoms with Gasteiger partial charge in [0.2, 0.25) is 0 Å². The predicted octanol–water partition coefficient (Wildman–Crippen LogP) is 13.3. The van der Waals surface area contributed by atoms with E-state index in [0.717, 1.165) is 98.4 Å². The Bertz CT molecular complexity index is 4150. The van der Waals surface area contributed by atoms with Crippen LogP contribution in [0.5, 0.6) is 0 Å². The van der Waals surface area contributed by atoms with Crippen molar-refractivity contribution in [3.8, 4) is 0 Å². The summed E-state index contributed by atoms with van der Waals surface area (Å²) in [6.07, 6.45) is 4.43. The SMILES string of the molecule is CC(C)OC(=O)C(=O)CBr.Cc1ccc2[nH]c3c(c2n1)C(C)(C)CN(C(=O)c1ccc(F)c(F)c1)C=C3C(=O)OC(C)C.Cc1ccc2[nH]c3c(c2n1)C(C)(C)CNC=C3C(=O)OC(C)C.Cc1ccc2[nH]cc(C(C)(C)CN)c2n1.O=C(Cl)c1ccc(F)c(F)c1. The van der Waals surface area contributed by atoms with E-state index in [2.05, 4.69) is 84.7 Å². The summed E-state index contributed by atoms with van der Waals surface area (Å²) in [5.41, 5.74) is 18.2. The Morgan fingerprint density at radius 3 is 1.58 bits per heavy atom. The van der Waals surface area contributed by atoms with Crippen LogP contribution in [0.4, 0.5) is 17.6 Å². The Labute approximate surface area is 544 Å². The quantitative estimate of drug-likeness (QED) is 0.0202. The number of rotatable bonds is 11. The molecule has 2 aromatic carbocycles. The van der Waals surface area contributed by atoms with Crippen LogP contribution >= 0.6 is 27.5 Å². The Morgan fingerprint density at radius 1 is 0.641 bits per heavy atom. The molecule has 6 N–H and O–H groups in total. The molecule has 490 valence electrons. The minimum Gasteiger partial charge on any atom is -0.459 e. The van der Waals surface area contributed by atoms with Crippen LogP contribution in [0, 0.1) is 44.0 Å². The normalized spacial score (nSPS) is 13.8. The lowest BCUT2D eigenvalue weighted by molar-refractivity contribution is -0.155. The number of Topliss-reactive ketones (excluding diaryl/α,β-unsaturated/α-hetero) is 1. The van der Waals surface area contributed by atoms with Gasteiger partial charge in [0.05, 0.1) is 79.3 Å². The zero-order valence-electron chi connectivity index (χ0n) is 54.0. The number of alkyl halides is 1. The van der Waals surface area contributed by atoms with E-state index in [4.69, 9.17) is 31.8 Å². The molecule has 8 aromatic rings. The Morgan fingerprint density at radius 2 is 1.10 bits per heavy atom. The number of carbonyl (C=O) groups is 6. The molecule has 0 aliphatic carbocycles. The van der Waals surface area contributed by atoms with Crippen LogP contribution in [0.15, 0.2) is 91.4 Å². The number of fused-ring (bicyclic) bond motifs is 7. The molecule has 10 rings (SSSR count). The third-order valence-corrected chi connectivity index (χ3v) is 15.1. The van der Waals surface area contributed by atoms with E-state index in [1.807, 2.05) is 85.0 Å². The van der Waals surface area contributed by atoms with Crippen molar-refractivity contribution in [2.24, 2.45) is 5.73 Å². The number of aromatic nitrogens is 6. The first kappa shape index (κ1) is 72.5. The second kappa shape index (κ2) is 30.3. The van der Waals surface area contributed by atoms with Crippen LogP contribution in [0.2, 0.25) is 0 Å². The minimum absolute atomic E-state index is 0.0260. The molecule has 0 radical (unpaired) electrons. The topological polar surface area (TPSA) is 257 Å². The zero-order valence-corrected chi connectivity index (χ0v) is 56.4. The van der Waals surface area contributed by atoms with Crippen molar-refractivity contribution in [1.29, 1.82) is 0 Å². The Kier molecular flexibility index (Phi) is 23.9. The van der Waals surface area contributed by atoms with E-state index in [-0.39, 0.29) is 63.7 Å². The highest BCUT2D eigenvalue weighted by molar-refractivity contribution is 9.09. The number of nitrogens with one attached hydrogen (secondary N) is 4. The average molecular weight is 1360 g/mol. The van der Waals surface area contributed by atoms with Gasteiger partial charge in [-0.1, -0.05) is 57.5 Å². The first-order chi connectivity index (χ1) is 43.0. The number of aryl methyl sites for hydroxylation is 3. The van der Waals surface area contributed by atoms with Gasteiger partial charge in [0, 0.05) is 99.4 Å². The number of aromatic amines is 3. The van der Waals surface area contributed by atoms with E-state index in [1.54, 1.807) is 33.9 Å². The number of hydrogen-bond acceptors (Lipinski definition) is 14. The lowest BCUT2D eigenvalue weighted by Crippen LogP contribution is -2.37. The van der Waals surface area contributed by atoms with Crippen LogP contribution in [0.25, 0.3) is 44.2 Å². The minimum atomic E-state index is -1.12. The lowest BCUT2D eigenvalue weighted by Gasteiger charge is -2.29. The molecule has 0 unspecified atom stereocenters. The van der Waals surface area contributed by atoms with Crippen LogP contribution in [0.1, 0.15) is 149 Å². The van der Waals surface area contributed by atoms with E-state index in [9.17, 15) is 46.3 Å². The fourth-order valence-corrected chi connectivity index (χ4v) is 10.2. The first-order valence-electron chi connectivity index (χ1n) is 29.4. The molecule has 2 aliphatic rings. The second-order valence-electron chi connectivity index (χ2n) is 24.7. The number of ether oxygens (including phenoxy) is 3. The highest BCUT2D eigenvalue weighted by atomic mass is 79.9. The maximum absolute atomic E-state index is 13.8. The van der Waals surface area contributed by atoms with Crippen molar-refractivity contribution in [2.45, 2.75) is 138 Å². The van der Waals surface area contributed by atoms with Gasteiger partial charge in [0.25, 0.3) is 16.9 Å². The van der Waals surface area contributed by atoms with Crippen LogP contribution in [0.3, 0.4) is 0 Å². The third kappa shape index (κ3) is 17.7. The van der Waals surface area contributed by atoms with Gasteiger partial charge >= 0.3 is 17.9 Å². The number of halogens is 6. The lowest BCUT2D eigenvalue weighted by atomic mass is 9.83. The molecule has 92 heavy (non-hydrogen) atoms. The van der Waals surface area contributed by atoms with Crippen molar-refractivity contribution >= 4 is 107 Å². The second-order valence-corrected chi connectivity index (χ2v) is 25.6. The van der Waals surface area contributed by atoms with E-state index >= 15 is 0 Å². The standard InChI is InChI=1S/C25H25F2N3O3.C18H23N3O2.C12H17N3.C7H3ClF2O.C6H9BrO3/c1-13(2)33-24(32)16-11-30(23(31)15-7-8-17(26)18(27)10-15)12-25(4,5)20-21(16)29-19-9-6-14(3)28-22(19)20;1-10(2)23-17(22)12-8-19-9-18(4,5)14-15(12)21-13-7-6-11(3)20-16(13)14;1-8-4-5-10-11(15-8)9(6-14-10)12(2,3)7-13;8-7(11)4-1-2-5(9)6(10)3-4;1-4(2)10-6(9)5(8)3-7/h6-11,13,29H,12H2,1-5H3;6-8,10,19,21H,9H2,1-5H3;4-6,14H,7,13H2,1-3H3;1-3H;4H,3H2,1-2H3. The molecule has 24 heteroatoms. The summed E-state index contributed by atoms with van der Waals surface area (Å²) in [6, 6.07) is 17.5. The predicted molar refractivity (Wildman–Crippen MR) is 351 cm³/mol. The molecule has 2 aliphatic heterocycles. The van der Waals surface area contributed by atoms with Gasteiger partial charge in [-0.25, -0.2) is 31.9 Å². The fraction of sp³-hybridized carbons (Fsp3) is 0.368. The molecule has 18 nitrogen and oxygen atoms in total. The smallest absolute Gasteiger partial charge is 0.375 e. The van der Waals surface area contributed by atoms with E-state index in [0.29, 0.717) is 23.3 Å². The van der Waals surface area contributed by atoms with Crippen LogP contribution < -0.4 is 11.1 Å². The number of ketones is 1. The summed E-state index contributed by atoms with van der Waals surface area (Å²) in [7, 11) is 0. The van der Waals surface area contributed by atoms with Gasteiger partial charge in [0.15, 0.2) is 23.3 Å². The molecule has 0 saturated heterocycles. The maximum atomic E-state index is 13.8. The summed E-state index contributed by atoms with van der Waals surface area (Å²) in [5.74, 6) is -7.03. The molecule has 8 heterocycles. The third-order valence-electron chi connectivity index (χ3n) is 14.4. The largest absolute Gasteiger partial charge is 0.459 e. The number of H-pyrrole nitrogens is 3. The fourth-order valence-electron chi connectivity index (χ4n) is 9.86. The molecule has 0 atom stereocenters. The molecule has 0 saturated carbocycles. The van der Waals surface area contributed by atoms with Crippen molar-refractivity contribution < 1.29 is 60.5 Å². The maximum Gasteiger partial charge on any atom is 0.375 e. The van der Waals surface area contributed by atoms with Gasteiger partial charge in [-0.15, -0.1) is 0 Å². The number of amides is 1. The van der Waals surface area contributed by atoms with Gasteiger partial charge in [-0.3, -0.25) is 29.3 Å². The number of nitrogens with two attached hydrogens (primary N) is 1. The summed E-state index contributed by atoms with van der Waals surface area (Å²) >= 11 is 7.85. The summed E-state index contributed by atoms with van der Waals surface area (Å²) in [5, 5.41) is 2.47. The molecule has 1 amide bonds. The van der Waals surface area contributed by atoms with Crippen molar-refractivity contribution in [3.63, 3.8) is 0 Å². The van der Waals surface area contributed by atoms with Gasteiger partial charge in [0.1, 0.15) is 0 Å². The highest BCUT2D eigenvalue weighted by Gasteiger charge is 2.39. The summed E-state index contributed by atoms with van der Waals surface area (Å²) in [4.78, 5) is 95.6.